The van der Waals surface area contributed by atoms with Crippen LogP contribution >= 0.6 is 0 Å². The molecule has 0 aliphatic carbocycles. The highest BCUT2D eigenvalue weighted by molar-refractivity contribution is 5.92. The molecular weight excluding hydrogens is 178 g/mol. The number of benzene rings is 1. The Morgan fingerprint density at radius 1 is 1.29 bits per heavy atom. The van der Waals surface area contributed by atoms with E-state index in [4.69, 9.17) is 10.5 Å². The summed E-state index contributed by atoms with van der Waals surface area (Å²) in [5.74, 6) is 1.87. The van der Waals surface area contributed by atoms with Crippen LogP contribution in [-0.4, -0.2) is 17.1 Å². The van der Waals surface area contributed by atoms with Crippen LogP contribution in [-0.2, 0) is 0 Å². The minimum Gasteiger partial charge on any atom is -0.494 e. The van der Waals surface area contributed by atoms with Crippen LogP contribution in [0, 0.1) is 6.92 Å². The second-order valence-electron chi connectivity index (χ2n) is 3.01. The molecule has 0 saturated carbocycles. The molecule has 2 aromatic rings. The molecule has 0 radical (unpaired) electrons. The third-order valence-corrected chi connectivity index (χ3v) is 2.05. The number of para-hydroxylation sites is 1. The van der Waals surface area contributed by atoms with E-state index in [-0.39, 0.29) is 0 Å². The van der Waals surface area contributed by atoms with Crippen molar-refractivity contribution in [1.82, 2.24) is 9.97 Å². The van der Waals surface area contributed by atoms with Crippen molar-refractivity contribution in [1.29, 1.82) is 0 Å². The third kappa shape index (κ3) is 1.25. The van der Waals surface area contributed by atoms with Crippen molar-refractivity contribution in [3.63, 3.8) is 0 Å². The summed E-state index contributed by atoms with van der Waals surface area (Å²) < 4.78 is 5.19. The van der Waals surface area contributed by atoms with E-state index in [1.54, 1.807) is 7.11 Å². The standard InChI is InChI=1S/C10H11N3O/c1-6-12-9-7(10(11)13-6)4-3-5-8(9)14-2/h3-5H,1-2H3,(H2,11,12,13). The van der Waals surface area contributed by atoms with E-state index in [0.717, 1.165) is 16.7 Å². The molecule has 2 N–H and O–H groups in total. The van der Waals surface area contributed by atoms with E-state index >= 15 is 0 Å². The molecule has 14 heavy (non-hydrogen) atoms. The van der Waals surface area contributed by atoms with E-state index in [0.29, 0.717) is 11.6 Å². The van der Waals surface area contributed by atoms with Crippen molar-refractivity contribution < 1.29 is 4.74 Å². The molecule has 1 aromatic heterocycles. The average Bonchev–Trinajstić information content (AvgIpc) is 2.17. The summed E-state index contributed by atoms with van der Waals surface area (Å²) in [5, 5.41) is 0.829. The highest BCUT2D eigenvalue weighted by Gasteiger charge is 2.06. The Morgan fingerprint density at radius 3 is 2.79 bits per heavy atom. The highest BCUT2D eigenvalue weighted by Crippen LogP contribution is 2.26. The lowest BCUT2D eigenvalue weighted by Gasteiger charge is -2.06. The lowest BCUT2D eigenvalue weighted by atomic mass is 10.2. The zero-order valence-electron chi connectivity index (χ0n) is 8.11. The predicted octanol–water partition coefficient (Wildman–Crippen LogP) is 1.53. The molecule has 1 aromatic carbocycles. The van der Waals surface area contributed by atoms with Crippen molar-refractivity contribution >= 4 is 16.7 Å². The fourth-order valence-electron chi connectivity index (χ4n) is 1.43. The Balaban J connectivity index is 2.86. The van der Waals surface area contributed by atoms with Gasteiger partial charge in [0.15, 0.2) is 0 Å². The van der Waals surface area contributed by atoms with Crippen molar-refractivity contribution in [3.05, 3.63) is 24.0 Å². The van der Waals surface area contributed by atoms with Crippen molar-refractivity contribution in [2.24, 2.45) is 0 Å². The summed E-state index contributed by atoms with van der Waals surface area (Å²) in [4.78, 5) is 8.38. The number of aromatic nitrogens is 2. The number of nitrogens with two attached hydrogens (primary N) is 1. The van der Waals surface area contributed by atoms with Crippen LogP contribution in [0.2, 0.25) is 0 Å². The summed E-state index contributed by atoms with van der Waals surface area (Å²) in [5.41, 5.74) is 6.54. The van der Waals surface area contributed by atoms with Gasteiger partial charge >= 0.3 is 0 Å². The second kappa shape index (κ2) is 3.14. The molecule has 0 aliphatic heterocycles. The molecule has 72 valence electrons. The summed E-state index contributed by atoms with van der Waals surface area (Å²) in [6.45, 7) is 1.81. The first kappa shape index (κ1) is 8.74. The maximum Gasteiger partial charge on any atom is 0.145 e. The topological polar surface area (TPSA) is 61.0 Å². The fourth-order valence-corrected chi connectivity index (χ4v) is 1.43. The number of hydrogen-bond acceptors (Lipinski definition) is 4. The van der Waals surface area contributed by atoms with Crippen LogP contribution in [0.5, 0.6) is 5.75 Å². The van der Waals surface area contributed by atoms with Crippen LogP contribution < -0.4 is 10.5 Å². The molecule has 0 unspecified atom stereocenters. The summed E-state index contributed by atoms with van der Waals surface area (Å²) in [6, 6.07) is 5.61. The quantitative estimate of drug-likeness (QED) is 0.739. The molecular formula is C10H11N3O. The molecule has 0 atom stereocenters. The van der Waals surface area contributed by atoms with Gasteiger partial charge in [0.2, 0.25) is 0 Å². The lowest BCUT2D eigenvalue weighted by Crippen LogP contribution is -1.98. The molecule has 0 saturated heterocycles. The van der Waals surface area contributed by atoms with Crippen LogP contribution in [0.25, 0.3) is 10.9 Å². The summed E-state index contributed by atoms with van der Waals surface area (Å²) in [7, 11) is 1.61. The summed E-state index contributed by atoms with van der Waals surface area (Å²) in [6.07, 6.45) is 0. The highest BCUT2D eigenvalue weighted by atomic mass is 16.5. The number of anilines is 1. The van der Waals surface area contributed by atoms with E-state index in [9.17, 15) is 0 Å². The van der Waals surface area contributed by atoms with Crippen molar-refractivity contribution in [2.45, 2.75) is 6.92 Å². The Morgan fingerprint density at radius 2 is 2.07 bits per heavy atom. The molecule has 0 amide bonds. The first-order chi connectivity index (χ1) is 6.72. The molecule has 4 nitrogen and oxygen atoms in total. The largest absolute Gasteiger partial charge is 0.494 e. The number of methoxy groups -OCH3 is 1. The van der Waals surface area contributed by atoms with Gasteiger partial charge in [-0.1, -0.05) is 6.07 Å². The van der Waals surface area contributed by atoms with E-state index in [1.165, 1.54) is 0 Å². The summed E-state index contributed by atoms with van der Waals surface area (Å²) >= 11 is 0. The maximum atomic E-state index is 5.77. The van der Waals surface area contributed by atoms with Gasteiger partial charge in [-0.3, -0.25) is 0 Å². The Bertz CT molecular complexity index is 482. The third-order valence-electron chi connectivity index (χ3n) is 2.05. The van der Waals surface area contributed by atoms with Crippen molar-refractivity contribution in [2.75, 3.05) is 12.8 Å². The SMILES string of the molecule is COc1cccc2c(N)nc(C)nc12. The monoisotopic (exact) mass is 189 g/mol. The molecule has 4 heteroatoms. The molecule has 0 bridgehead atoms. The minimum absolute atomic E-state index is 0.492. The first-order valence-electron chi connectivity index (χ1n) is 4.29. The number of nitrogens with zero attached hydrogens (tertiary/aromatic N) is 2. The minimum atomic E-state index is 0.492. The van der Waals surface area contributed by atoms with Gasteiger partial charge < -0.3 is 10.5 Å². The zero-order valence-corrected chi connectivity index (χ0v) is 8.11. The smallest absolute Gasteiger partial charge is 0.145 e. The molecule has 0 fully saturated rings. The maximum absolute atomic E-state index is 5.77. The van der Waals surface area contributed by atoms with Gasteiger partial charge in [-0.2, -0.15) is 0 Å². The Hall–Kier alpha value is -1.84. The Kier molecular flexibility index (Phi) is 1.96. The normalized spacial score (nSPS) is 10.4. The lowest BCUT2D eigenvalue weighted by molar-refractivity contribution is 0.419. The van der Waals surface area contributed by atoms with E-state index < -0.39 is 0 Å². The van der Waals surface area contributed by atoms with Crippen LogP contribution in [0.3, 0.4) is 0 Å². The number of nitrogen functional groups attached to an aromatic ring is 1. The van der Waals surface area contributed by atoms with E-state index in [1.807, 2.05) is 25.1 Å². The predicted molar refractivity (Wildman–Crippen MR) is 55.2 cm³/mol. The zero-order chi connectivity index (χ0) is 10.1. The van der Waals surface area contributed by atoms with Crippen LogP contribution in [0.1, 0.15) is 5.82 Å². The van der Waals surface area contributed by atoms with Crippen LogP contribution in [0.4, 0.5) is 5.82 Å². The Labute approximate surface area is 81.7 Å². The molecule has 0 spiro atoms. The molecule has 2 rings (SSSR count). The van der Waals surface area contributed by atoms with Crippen LogP contribution in [0.15, 0.2) is 18.2 Å². The number of ether oxygens (including phenoxy) is 1. The van der Waals surface area contributed by atoms with E-state index in [2.05, 4.69) is 9.97 Å². The van der Waals surface area contributed by atoms with Gasteiger partial charge in [-0.25, -0.2) is 9.97 Å². The van der Waals surface area contributed by atoms with Gasteiger partial charge in [0.25, 0.3) is 0 Å². The van der Waals surface area contributed by atoms with Gasteiger partial charge in [-0.15, -0.1) is 0 Å². The second-order valence-corrected chi connectivity index (χ2v) is 3.01. The van der Waals surface area contributed by atoms with Crippen molar-refractivity contribution in [3.8, 4) is 5.75 Å². The van der Waals surface area contributed by atoms with Gasteiger partial charge in [0.1, 0.15) is 22.9 Å². The van der Waals surface area contributed by atoms with Gasteiger partial charge in [0.05, 0.1) is 7.11 Å². The first-order valence-corrected chi connectivity index (χ1v) is 4.29. The number of hydrogen-bond donors (Lipinski definition) is 1. The fraction of sp³-hybridized carbons (Fsp3) is 0.200. The molecule has 1 heterocycles. The molecule has 0 aliphatic rings. The number of rotatable bonds is 1. The van der Waals surface area contributed by atoms with Gasteiger partial charge in [0, 0.05) is 5.39 Å². The number of aryl methyl sites for hydroxylation is 1. The average molecular weight is 189 g/mol. The van der Waals surface area contributed by atoms with Gasteiger partial charge in [-0.05, 0) is 19.1 Å². The number of fused-ring (bicyclic) bond motifs is 1.